The topological polar surface area (TPSA) is 76.2 Å². The van der Waals surface area contributed by atoms with Crippen LogP contribution >= 0.6 is 11.3 Å². The van der Waals surface area contributed by atoms with Crippen LogP contribution in [0.5, 0.6) is 11.5 Å². The molecule has 0 atom stereocenters. The average molecular weight is 396 g/mol. The third-order valence-electron chi connectivity index (χ3n) is 4.10. The van der Waals surface area contributed by atoms with Crippen molar-refractivity contribution in [2.45, 2.75) is 4.21 Å². The third kappa shape index (κ3) is 4.00. The molecule has 0 N–H and O–H groups in total. The second kappa shape index (κ2) is 8.07. The number of thiophene rings is 1. The van der Waals surface area contributed by atoms with Crippen molar-refractivity contribution in [1.29, 1.82) is 0 Å². The number of piperazine rings is 1. The van der Waals surface area contributed by atoms with E-state index in [1.54, 1.807) is 40.6 Å². The van der Waals surface area contributed by atoms with Gasteiger partial charge in [0, 0.05) is 26.2 Å². The number of ether oxygens (including phenoxy) is 2. The second-order valence-electron chi connectivity index (χ2n) is 5.66. The maximum atomic E-state index is 12.5. The maximum Gasteiger partial charge on any atom is 0.260 e. The van der Waals surface area contributed by atoms with Gasteiger partial charge in [-0.25, -0.2) is 8.42 Å². The number of benzene rings is 1. The molecule has 1 aromatic heterocycles. The van der Waals surface area contributed by atoms with Gasteiger partial charge in [-0.2, -0.15) is 4.31 Å². The van der Waals surface area contributed by atoms with Crippen molar-refractivity contribution in [2.24, 2.45) is 0 Å². The first-order valence-electron chi connectivity index (χ1n) is 8.09. The summed E-state index contributed by atoms with van der Waals surface area (Å²) in [5, 5.41) is 1.74. The SMILES string of the molecule is COc1ccccc1OCC(=O)N1CCN(S(=O)(=O)c2cccs2)CC1. The number of methoxy groups -OCH3 is 1. The number of nitrogens with zero attached hydrogens (tertiary/aromatic N) is 2. The molecule has 0 aliphatic carbocycles. The van der Waals surface area contributed by atoms with Crippen LogP contribution in [0.4, 0.5) is 0 Å². The van der Waals surface area contributed by atoms with E-state index in [9.17, 15) is 13.2 Å². The smallest absolute Gasteiger partial charge is 0.260 e. The zero-order valence-corrected chi connectivity index (χ0v) is 16.0. The van der Waals surface area contributed by atoms with Crippen molar-refractivity contribution < 1.29 is 22.7 Å². The highest BCUT2D eigenvalue weighted by atomic mass is 32.2. The molecule has 0 radical (unpaired) electrons. The van der Waals surface area contributed by atoms with Crippen LogP contribution in [-0.4, -0.2) is 63.4 Å². The van der Waals surface area contributed by atoms with Gasteiger partial charge in [-0.05, 0) is 23.6 Å². The van der Waals surface area contributed by atoms with Gasteiger partial charge >= 0.3 is 0 Å². The zero-order chi connectivity index (χ0) is 18.6. The zero-order valence-electron chi connectivity index (χ0n) is 14.3. The van der Waals surface area contributed by atoms with E-state index in [0.29, 0.717) is 28.8 Å². The van der Waals surface area contributed by atoms with Crippen LogP contribution < -0.4 is 9.47 Å². The van der Waals surface area contributed by atoms with E-state index in [4.69, 9.17) is 9.47 Å². The first-order valence-corrected chi connectivity index (χ1v) is 10.4. The molecular formula is C17H20N2O5S2. The summed E-state index contributed by atoms with van der Waals surface area (Å²) < 4.78 is 37.5. The first kappa shape index (κ1) is 18.7. The van der Waals surface area contributed by atoms with Gasteiger partial charge in [-0.1, -0.05) is 18.2 Å². The standard InChI is InChI=1S/C17H20N2O5S2/c1-23-14-5-2-3-6-15(14)24-13-16(20)18-8-10-19(11-9-18)26(21,22)17-7-4-12-25-17/h2-7,12H,8-11,13H2,1H3. The first-order chi connectivity index (χ1) is 12.5. The molecule has 1 aromatic carbocycles. The molecular weight excluding hydrogens is 376 g/mol. The minimum absolute atomic E-state index is 0.113. The molecule has 0 saturated carbocycles. The molecule has 1 saturated heterocycles. The van der Waals surface area contributed by atoms with Crippen molar-refractivity contribution >= 4 is 27.3 Å². The summed E-state index contributed by atoms with van der Waals surface area (Å²) in [5.74, 6) is 0.887. The van der Waals surface area contributed by atoms with Crippen molar-refractivity contribution in [1.82, 2.24) is 9.21 Å². The average Bonchev–Trinajstić information content (AvgIpc) is 3.22. The van der Waals surface area contributed by atoms with Crippen molar-refractivity contribution in [3.05, 3.63) is 41.8 Å². The molecule has 2 aromatic rings. The van der Waals surface area contributed by atoms with E-state index in [-0.39, 0.29) is 25.6 Å². The van der Waals surface area contributed by atoms with Crippen LogP contribution in [0, 0.1) is 0 Å². The molecule has 0 unspecified atom stereocenters. The number of para-hydroxylation sites is 2. The Morgan fingerprint density at radius 2 is 1.77 bits per heavy atom. The predicted molar refractivity (Wildman–Crippen MR) is 98.1 cm³/mol. The molecule has 1 aliphatic heterocycles. The number of carbonyl (C=O) groups excluding carboxylic acids is 1. The van der Waals surface area contributed by atoms with Crippen LogP contribution in [0.15, 0.2) is 46.0 Å². The van der Waals surface area contributed by atoms with Gasteiger partial charge in [-0.3, -0.25) is 4.79 Å². The lowest BCUT2D eigenvalue weighted by atomic mass is 10.3. The Balaban J connectivity index is 1.54. The third-order valence-corrected chi connectivity index (χ3v) is 7.37. The number of sulfonamides is 1. The van der Waals surface area contributed by atoms with Gasteiger partial charge in [0.2, 0.25) is 0 Å². The quantitative estimate of drug-likeness (QED) is 0.742. The lowest BCUT2D eigenvalue weighted by Crippen LogP contribution is -2.51. The highest BCUT2D eigenvalue weighted by Crippen LogP contribution is 2.26. The molecule has 7 nitrogen and oxygen atoms in total. The van der Waals surface area contributed by atoms with Crippen molar-refractivity contribution in [2.75, 3.05) is 39.9 Å². The number of hydrogen-bond donors (Lipinski definition) is 0. The van der Waals surface area contributed by atoms with Crippen LogP contribution in [-0.2, 0) is 14.8 Å². The summed E-state index contributed by atoms with van der Waals surface area (Å²) in [7, 11) is -1.93. The molecule has 1 aliphatic rings. The summed E-state index contributed by atoms with van der Waals surface area (Å²) in [6.45, 7) is 1.14. The van der Waals surface area contributed by atoms with E-state index in [1.165, 1.54) is 22.8 Å². The van der Waals surface area contributed by atoms with Gasteiger partial charge in [-0.15, -0.1) is 11.3 Å². The number of hydrogen-bond acceptors (Lipinski definition) is 6. The molecule has 3 rings (SSSR count). The Hall–Kier alpha value is -2.10. The van der Waals surface area contributed by atoms with Gasteiger partial charge in [0.05, 0.1) is 7.11 Å². The van der Waals surface area contributed by atoms with Crippen LogP contribution in [0.2, 0.25) is 0 Å². The fraction of sp³-hybridized carbons (Fsp3) is 0.353. The summed E-state index contributed by atoms with van der Waals surface area (Å²) in [6, 6.07) is 10.4. The summed E-state index contributed by atoms with van der Waals surface area (Å²) in [4.78, 5) is 14.0. The Bertz CT molecular complexity index is 844. The Labute approximate surface area is 156 Å². The number of amides is 1. The lowest BCUT2D eigenvalue weighted by Gasteiger charge is -2.33. The van der Waals surface area contributed by atoms with Gasteiger partial charge in [0.1, 0.15) is 4.21 Å². The molecule has 1 fully saturated rings. The summed E-state index contributed by atoms with van der Waals surface area (Å²) in [5.41, 5.74) is 0. The molecule has 1 amide bonds. The normalized spacial score (nSPS) is 15.7. The summed E-state index contributed by atoms with van der Waals surface area (Å²) in [6.07, 6.45) is 0. The predicted octanol–water partition coefficient (Wildman–Crippen LogP) is 1.67. The van der Waals surface area contributed by atoms with E-state index in [0.717, 1.165) is 0 Å². The van der Waals surface area contributed by atoms with Crippen molar-refractivity contribution in [3.63, 3.8) is 0 Å². The maximum absolute atomic E-state index is 12.5. The van der Waals surface area contributed by atoms with Crippen molar-refractivity contribution in [3.8, 4) is 11.5 Å². The molecule has 0 bridgehead atoms. The van der Waals surface area contributed by atoms with E-state index >= 15 is 0 Å². The fourth-order valence-corrected chi connectivity index (χ4v) is 5.25. The Kier molecular flexibility index (Phi) is 5.80. The minimum Gasteiger partial charge on any atom is -0.493 e. The number of carbonyl (C=O) groups is 1. The lowest BCUT2D eigenvalue weighted by molar-refractivity contribution is -0.134. The van der Waals surface area contributed by atoms with Crippen LogP contribution in [0.25, 0.3) is 0 Å². The van der Waals surface area contributed by atoms with Gasteiger partial charge < -0.3 is 14.4 Å². The second-order valence-corrected chi connectivity index (χ2v) is 8.77. The van der Waals surface area contributed by atoms with E-state index in [2.05, 4.69) is 0 Å². The highest BCUT2D eigenvalue weighted by molar-refractivity contribution is 7.91. The van der Waals surface area contributed by atoms with Crippen LogP contribution in [0.3, 0.4) is 0 Å². The highest BCUT2D eigenvalue weighted by Gasteiger charge is 2.30. The number of rotatable bonds is 6. The van der Waals surface area contributed by atoms with E-state index < -0.39 is 10.0 Å². The Morgan fingerprint density at radius 1 is 1.08 bits per heavy atom. The fourth-order valence-electron chi connectivity index (χ4n) is 2.68. The molecule has 26 heavy (non-hydrogen) atoms. The molecule has 2 heterocycles. The minimum atomic E-state index is -3.47. The van der Waals surface area contributed by atoms with Crippen LogP contribution in [0.1, 0.15) is 0 Å². The van der Waals surface area contributed by atoms with E-state index in [1.807, 2.05) is 6.07 Å². The molecule has 9 heteroatoms. The Morgan fingerprint density at radius 3 is 2.38 bits per heavy atom. The monoisotopic (exact) mass is 396 g/mol. The van der Waals surface area contributed by atoms with Gasteiger partial charge in [0.15, 0.2) is 18.1 Å². The van der Waals surface area contributed by atoms with Gasteiger partial charge in [0.25, 0.3) is 15.9 Å². The summed E-state index contributed by atoms with van der Waals surface area (Å²) >= 11 is 1.20. The molecule has 0 spiro atoms. The molecule has 140 valence electrons. The largest absolute Gasteiger partial charge is 0.493 e.